The van der Waals surface area contributed by atoms with Crippen LogP contribution in [0, 0.1) is 4.84 Å². The second-order valence-electron chi connectivity index (χ2n) is 4.46. The third-order valence-corrected chi connectivity index (χ3v) is 2.17. The van der Waals surface area contributed by atoms with E-state index in [0.29, 0.717) is 4.84 Å². The first-order valence-electron chi connectivity index (χ1n) is 5.22. The van der Waals surface area contributed by atoms with Gasteiger partial charge >= 0.3 is 0 Å². The maximum absolute atomic E-state index is 5.60. The monoisotopic (exact) mass is 239 g/mol. The molecule has 0 spiro atoms. The topological polar surface area (TPSA) is 9.23 Å². The largest absolute Gasteiger partial charge is 0.376 e. The summed E-state index contributed by atoms with van der Waals surface area (Å²) in [5.41, 5.74) is -0.00672. The summed E-state index contributed by atoms with van der Waals surface area (Å²) in [4.78, 5) is 0.496. The normalized spacial score (nSPS) is 12.4. The fraction of sp³-hybridized carbons (Fsp3) is 0.909. The molecule has 0 aliphatic heterocycles. The molecule has 0 aliphatic carbocycles. The van der Waals surface area contributed by atoms with Crippen LogP contribution in [0.3, 0.4) is 0 Å². The lowest BCUT2D eigenvalue weighted by molar-refractivity contribution is -0.00473. The van der Waals surface area contributed by atoms with Crippen LogP contribution in [0.5, 0.6) is 0 Å². The number of ether oxygens (including phenoxy) is 1. The standard InChI is InChI=1S/C11H21Cl2O/c1-11(2,3)14-9-7-5-4-6-8-10(12)13/h4-9H2,1-3H3. The molecule has 0 fully saturated rings. The quantitative estimate of drug-likeness (QED) is 0.585. The zero-order valence-corrected chi connectivity index (χ0v) is 10.9. The fourth-order valence-electron chi connectivity index (χ4n) is 1.09. The van der Waals surface area contributed by atoms with Gasteiger partial charge in [-0.1, -0.05) is 42.5 Å². The second-order valence-corrected chi connectivity index (χ2v) is 5.57. The van der Waals surface area contributed by atoms with Crippen molar-refractivity contribution in [1.29, 1.82) is 0 Å². The molecule has 0 atom stereocenters. The van der Waals surface area contributed by atoms with E-state index in [1.165, 1.54) is 12.8 Å². The van der Waals surface area contributed by atoms with E-state index in [-0.39, 0.29) is 5.60 Å². The minimum Gasteiger partial charge on any atom is -0.376 e. The molecule has 0 bridgehead atoms. The number of hydrogen-bond acceptors (Lipinski definition) is 1. The van der Waals surface area contributed by atoms with Crippen molar-refractivity contribution in [2.24, 2.45) is 0 Å². The molecule has 1 nitrogen and oxygen atoms in total. The Balaban J connectivity index is 3.07. The highest BCUT2D eigenvalue weighted by molar-refractivity contribution is 6.52. The minimum absolute atomic E-state index is 0.00672. The van der Waals surface area contributed by atoms with Gasteiger partial charge in [0.1, 0.15) is 0 Å². The van der Waals surface area contributed by atoms with Crippen LogP contribution in [0.15, 0.2) is 0 Å². The predicted molar refractivity (Wildman–Crippen MR) is 63.7 cm³/mol. The Labute approximate surface area is 98.1 Å². The molecule has 0 N–H and O–H groups in total. The van der Waals surface area contributed by atoms with Gasteiger partial charge in [0.05, 0.1) is 5.60 Å². The van der Waals surface area contributed by atoms with E-state index in [1.807, 2.05) is 0 Å². The molecule has 0 amide bonds. The highest BCUT2D eigenvalue weighted by atomic mass is 35.5. The molecule has 14 heavy (non-hydrogen) atoms. The lowest BCUT2D eigenvalue weighted by Crippen LogP contribution is -2.19. The van der Waals surface area contributed by atoms with Crippen molar-refractivity contribution in [2.45, 2.75) is 58.5 Å². The van der Waals surface area contributed by atoms with Crippen LogP contribution >= 0.6 is 23.2 Å². The molecule has 1 radical (unpaired) electrons. The summed E-state index contributed by atoms with van der Waals surface area (Å²) in [6.07, 6.45) is 5.39. The average Bonchev–Trinajstić information content (AvgIpc) is 2.00. The summed E-state index contributed by atoms with van der Waals surface area (Å²) in [7, 11) is 0. The highest BCUT2D eigenvalue weighted by Gasteiger charge is 2.08. The first-order valence-corrected chi connectivity index (χ1v) is 5.98. The number of halogens is 2. The minimum atomic E-state index is -0.00672. The molecule has 0 rings (SSSR count). The molecule has 0 aromatic carbocycles. The Morgan fingerprint density at radius 2 is 1.57 bits per heavy atom. The van der Waals surface area contributed by atoms with Gasteiger partial charge in [0, 0.05) is 6.61 Å². The number of unbranched alkanes of at least 4 members (excludes halogenated alkanes) is 3. The van der Waals surface area contributed by atoms with E-state index in [9.17, 15) is 0 Å². The Hall–Kier alpha value is 0.540. The lowest BCUT2D eigenvalue weighted by atomic mass is 10.1. The Bertz CT molecular complexity index is 130. The Kier molecular flexibility index (Phi) is 8.08. The van der Waals surface area contributed by atoms with Crippen LogP contribution in [0.25, 0.3) is 0 Å². The van der Waals surface area contributed by atoms with E-state index in [1.54, 1.807) is 0 Å². The molecule has 0 aliphatic rings. The molecular formula is C11H21Cl2O. The van der Waals surface area contributed by atoms with Gasteiger partial charge in [-0.15, -0.1) is 0 Å². The van der Waals surface area contributed by atoms with E-state index >= 15 is 0 Å². The molecule has 3 heteroatoms. The predicted octanol–water partition coefficient (Wildman–Crippen LogP) is 4.72. The van der Waals surface area contributed by atoms with Crippen molar-refractivity contribution in [3.05, 3.63) is 4.84 Å². The molecule has 0 saturated carbocycles. The summed E-state index contributed by atoms with van der Waals surface area (Å²) in [5, 5.41) is 0. The van der Waals surface area contributed by atoms with Crippen molar-refractivity contribution < 1.29 is 4.74 Å². The lowest BCUT2D eigenvalue weighted by Gasteiger charge is -2.19. The first kappa shape index (κ1) is 14.5. The average molecular weight is 240 g/mol. The summed E-state index contributed by atoms with van der Waals surface area (Å²) < 4.78 is 5.60. The Morgan fingerprint density at radius 1 is 1.00 bits per heavy atom. The van der Waals surface area contributed by atoms with E-state index in [0.717, 1.165) is 25.9 Å². The SMILES string of the molecule is CC(C)(C)OCCCCCC[C](Cl)Cl. The zero-order chi connectivity index (χ0) is 11.0. The van der Waals surface area contributed by atoms with Gasteiger partial charge in [-0.05, 0) is 33.6 Å². The summed E-state index contributed by atoms with van der Waals surface area (Å²) in [6.45, 7) is 7.08. The number of rotatable bonds is 7. The molecule has 0 heterocycles. The second kappa shape index (κ2) is 7.78. The van der Waals surface area contributed by atoms with Crippen molar-refractivity contribution in [3.8, 4) is 0 Å². The maximum Gasteiger partial charge on any atom is 0.151 e. The third kappa shape index (κ3) is 12.5. The van der Waals surface area contributed by atoms with Gasteiger partial charge in [-0.3, -0.25) is 0 Å². The van der Waals surface area contributed by atoms with Gasteiger partial charge in [-0.2, -0.15) is 0 Å². The van der Waals surface area contributed by atoms with Gasteiger partial charge in [0.15, 0.2) is 4.84 Å². The summed E-state index contributed by atoms with van der Waals surface area (Å²) >= 11 is 11.1. The van der Waals surface area contributed by atoms with E-state index in [2.05, 4.69) is 20.8 Å². The third-order valence-electron chi connectivity index (χ3n) is 1.80. The fourth-order valence-corrected chi connectivity index (χ4v) is 1.36. The van der Waals surface area contributed by atoms with E-state index in [4.69, 9.17) is 27.9 Å². The van der Waals surface area contributed by atoms with Gasteiger partial charge in [0.25, 0.3) is 0 Å². The molecule has 0 saturated heterocycles. The molecule has 0 aromatic heterocycles. The van der Waals surface area contributed by atoms with Gasteiger partial charge < -0.3 is 4.74 Å². The van der Waals surface area contributed by atoms with Crippen LogP contribution in [0.1, 0.15) is 52.9 Å². The molecule has 0 aromatic rings. The number of hydrogen-bond donors (Lipinski definition) is 0. The van der Waals surface area contributed by atoms with Crippen molar-refractivity contribution in [1.82, 2.24) is 0 Å². The summed E-state index contributed by atoms with van der Waals surface area (Å²) in [6, 6.07) is 0. The maximum atomic E-state index is 5.60. The van der Waals surface area contributed by atoms with Crippen LogP contribution in [-0.4, -0.2) is 12.2 Å². The molecule has 0 unspecified atom stereocenters. The van der Waals surface area contributed by atoms with Gasteiger partial charge in [-0.25, -0.2) is 0 Å². The van der Waals surface area contributed by atoms with E-state index < -0.39 is 0 Å². The zero-order valence-electron chi connectivity index (χ0n) is 9.41. The van der Waals surface area contributed by atoms with Crippen molar-refractivity contribution >= 4 is 23.2 Å². The molecular weight excluding hydrogens is 219 g/mol. The van der Waals surface area contributed by atoms with Crippen molar-refractivity contribution in [3.63, 3.8) is 0 Å². The van der Waals surface area contributed by atoms with Crippen molar-refractivity contribution in [2.75, 3.05) is 6.61 Å². The van der Waals surface area contributed by atoms with Crippen LogP contribution in [0.4, 0.5) is 0 Å². The Morgan fingerprint density at radius 3 is 2.07 bits per heavy atom. The molecule has 85 valence electrons. The first-order chi connectivity index (χ1) is 6.42. The van der Waals surface area contributed by atoms with Crippen LogP contribution in [0.2, 0.25) is 0 Å². The summed E-state index contributed by atoms with van der Waals surface area (Å²) in [5.74, 6) is 0. The van der Waals surface area contributed by atoms with Crippen LogP contribution < -0.4 is 0 Å². The van der Waals surface area contributed by atoms with Crippen LogP contribution in [-0.2, 0) is 4.74 Å². The van der Waals surface area contributed by atoms with Gasteiger partial charge in [0.2, 0.25) is 0 Å². The highest BCUT2D eigenvalue weighted by Crippen LogP contribution is 2.20. The smallest absolute Gasteiger partial charge is 0.151 e.